The molecule has 3 heterocycles. The first-order chi connectivity index (χ1) is 21.1. The van der Waals surface area contributed by atoms with Crippen molar-refractivity contribution >= 4 is 29.4 Å². The van der Waals surface area contributed by atoms with E-state index in [0.29, 0.717) is 42.6 Å². The third-order valence-electron chi connectivity index (χ3n) is 7.30. The summed E-state index contributed by atoms with van der Waals surface area (Å²) >= 11 is 1.50. The zero-order chi connectivity index (χ0) is 29.8. The smallest absolute Gasteiger partial charge is 0.240 e. The fourth-order valence-corrected chi connectivity index (χ4v) is 6.40. The molecule has 0 saturated carbocycles. The van der Waals surface area contributed by atoms with E-state index in [9.17, 15) is 9.59 Å². The zero-order valence-electron chi connectivity index (χ0n) is 23.9. The van der Waals surface area contributed by atoms with Crippen LogP contribution in [0.1, 0.15) is 22.8 Å². The molecule has 4 aromatic rings. The molecule has 6 rings (SSSR count). The molecule has 2 aliphatic rings. The van der Waals surface area contributed by atoms with Gasteiger partial charge in [0.2, 0.25) is 18.6 Å². The van der Waals surface area contributed by atoms with Crippen molar-refractivity contribution in [2.24, 2.45) is 0 Å². The topological polar surface area (TPSA) is 104 Å². The minimum atomic E-state index is -0.287. The standard InChI is InChI=1S/C32H32N4O6S/c1-39-16-6-15-33-27(37)18-35-28(38)19-43-31(22-9-14-25-26(17-22)42-20-41-25)29-30(21-7-4-3-5-8-21)34-36(32(29)35)23-10-12-24(40-2)13-11-23/h3-5,7-14,17,31H,6,15-16,18-20H2,1-2H3,(H,33,37). The number of carbonyl (C=O) groups is 2. The van der Waals surface area contributed by atoms with Crippen molar-refractivity contribution < 1.29 is 28.5 Å². The highest BCUT2D eigenvalue weighted by atomic mass is 32.2. The number of carbonyl (C=O) groups excluding carboxylic acids is 2. The molecule has 3 aromatic carbocycles. The number of hydrogen-bond donors (Lipinski definition) is 1. The van der Waals surface area contributed by atoms with Gasteiger partial charge in [-0.15, -0.1) is 11.8 Å². The van der Waals surface area contributed by atoms with Crippen LogP contribution in [0, 0.1) is 0 Å². The summed E-state index contributed by atoms with van der Waals surface area (Å²) in [4.78, 5) is 28.6. The summed E-state index contributed by atoms with van der Waals surface area (Å²) < 4.78 is 23.5. The van der Waals surface area contributed by atoms with E-state index in [-0.39, 0.29) is 36.2 Å². The van der Waals surface area contributed by atoms with Crippen LogP contribution in [0.15, 0.2) is 72.8 Å². The number of nitrogens with one attached hydrogen (secondary N) is 1. The van der Waals surface area contributed by atoms with Gasteiger partial charge in [0.25, 0.3) is 0 Å². The molecular weight excluding hydrogens is 568 g/mol. The molecular formula is C32H32N4O6S. The van der Waals surface area contributed by atoms with Crippen LogP contribution >= 0.6 is 11.8 Å². The number of rotatable bonds is 10. The highest BCUT2D eigenvalue weighted by Crippen LogP contribution is 2.50. The Bertz CT molecular complexity index is 1610. The molecule has 1 aromatic heterocycles. The maximum absolute atomic E-state index is 13.9. The molecule has 1 unspecified atom stereocenters. The molecule has 43 heavy (non-hydrogen) atoms. The van der Waals surface area contributed by atoms with E-state index < -0.39 is 0 Å². The Hall–Kier alpha value is -4.48. The van der Waals surface area contributed by atoms with E-state index in [4.69, 9.17) is 24.0 Å². The minimum absolute atomic E-state index is 0.149. The van der Waals surface area contributed by atoms with Crippen LogP contribution in [0.25, 0.3) is 16.9 Å². The Morgan fingerprint density at radius 2 is 1.84 bits per heavy atom. The van der Waals surface area contributed by atoms with Gasteiger partial charge < -0.3 is 24.3 Å². The molecule has 2 amide bonds. The largest absolute Gasteiger partial charge is 0.497 e. The summed E-state index contributed by atoms with van der Waals surface area (Å²) in [5.41, 5.74) is 4.14. The fraction of sp³-hybridized carbons (Fsp3) is 0.281. The number of benzene rings is 3. The van der Waals surface area contributed by atoms with Gasteiger partial charge in [-0.3, -0.25) is 14.5 Å². The number of aromatic nitrogens is 2. The van der Waals surface area contributed by atoms with Gasteiger partial charge in [-0.05, 0) is 48.4 Å². The Balaban J connectivity index is 1.53. The lowest BCUT2D eigenvalue weighted by molar-refractivity contribution is -0.122. The number of hydrogen-bond acceptors (Lipinski definition) is 8. The summed E-state index contributed by atoms with van der Waals surface area (Å²) in [6.45, 7) is 0.996. The average Bonchev–Trinajstić information content (AvgIpc) is 3.64. The summed E-state index contributed by atoms with van der Waals surface area (Å²) in [6.07, 6.45) is 0.672. The Morgan fingerprint density at radius 1 is 1.05 bits per heavy atom. The molecule has 2 aliphatic heterocycles. The van der Waals surface area contributed by atoms with Gasteiger partial charge in [0.05, 0.1) is 29.5 Å². The van der Waals surface area contributed by atoms with E-state index in [0.717, 1.165) is 28.1 Å². The summed E-state index contributed by atoms with van der Waals surface area (Å²) in [5.74, 6) is 2.31. The zero-order valence-corrected chi connectivity index (χ0v) is 24.8. The van der Waals surface area contributed by atoms with Gasteiger partial charge in [-0.25, -0.2) is 4.68 Å². The van der Waals surface area contributed by atoms with Crippen molar-refractivity contribution in [3.63, 3.8) is 0 Å². The van der Waals surface area contributed by atoms with Gasteiger partial charge in [0, 0.05) is 31.4 Å². The Kier molecular flexibility index (Phi) is 8.52. The van der Waals surface area contributed by atoms with Crippen molar-refractivity contribution in [1.82, 2.24) is 15.1 Å². The van der Waals surface area contributed by atoms with E-state index >= 15 is 0 Å². The number of fused-ring (bicyclic) bond motifs is 2. The molecule has 0 fully saturated rings. The van der Waals surface area contributed by atoms with Crippen molar-refractivity contribution in [1.29, 1.82) is 0 Å². The van der Waals surface area contributed by atoms with Gasteiger partial charge in [-0.2, -0.15) is 5.10 Å². The van der Waals surface area contributed by atoms with Gasteiger partial charge >= 0.3 is 0 Å². The third-order valence-corrected chi connectivity index (χ3v) is 8.56. The molecule has 0 saturated heterocycles. The van der Waals surface area contributed by atoms with Gasteiger partial charge in [-0.1, -0.05) is 36.4 Å². The second-order valence-corrected chi connectivity index (χ2v) is 11.1. The maximum atomic E-state index is 13.9. The molecule has 222 valence electrons. The van der Waals surface area contributed by atoms with Crippen LogP contribution in [0.5, 0.6) is 17.2 Å². The number of ether oxygens (including phenoxy) is 4. The molecule has 1 atom stereocenters. The average molecular weight is 601 g/mol. The normalized spacial score (nSPS) is 15.6. The van der Waals surface area contributed by atoms with Crippen LogP contribution in [-0.4, -0.2) is 68.1 Å². The summed E-state index contributed by atoms with van der Waals surface area (Å²) in [6, 6.07) is 23.2. The second kappa shape index (κ2) is 12.8. The molecule has 10 nitrogen and oxygen atoms in total. The third kappa shape index (κ3) is 5.91. The highest BCUT2D eigenvalue weighted by molar-refractivity contribution is 8.00. The molecule has 11 heteroatoms. The lowest BCUT2D eigenvalue weighted by Crippen LogP contribution is -2.42. The first kappa shape index (κ1) is 28.6. The lowest BCUT2D eigenvalue weighted by Gasteiger charge is -2.23. The van der Waals surface area contributed by atoms with Gasteiger partial charge in [0.15, 0.2) is 11.5 Å². The van der Waals surface area contributed by atoms with Crippen molar-refractivity contribution in [2.75, 3.05) is 51.4 Å². The maximum Gasteiger partial charge on any atom is 0.240 e. The van der Waals surface area contributed by atoms with Crippen LogP contribution in [0.4, 0.5) is 5.82 Å². The minimum Gasteiger partial charge on any atom is -0.497 e. The van der Waals surface area contributed by atoms with Crippen molar-refractivity contribution in [2.45, 2.75) is 11.7 Å². The molecule has 0 bridgehead atoms. The number of nitrogens with zero attached hydrogens (tertiary/aromatic N) is 3. The van der Waals surface area contributed by atoms with E-state index in [1.807, 2.05) is 72.8 Å². The van der Waals surface area contributed by atoms with E-state index in [1.54, 1.807) is 23.8 Å². The van der Waals surface area contributed by atoms with E-state index in [2.05, 4.69) is 5.32 Å². The highest BCUT2D eigenvalue weighted by Gasteiger charge is 2.38. The fourth-order valence-electron chi connectivity index (χ4n) is 5.22. The first-order valence-electron chi connectivity index (χ1n) is 14.0. The second-order valence-electron chi connectivity index (χ2n) is 10.0. The quantitative estimate of drug-likeness (QED) is 0.264. The van der Waals surface area contributed by atoms with Gasteiger partial charge in [0.1, 0.15) is 18.1 Å². The van der Waals surface area contributed by atoms with Crippen LogP contribution in [-0.2, 0) is 14.3 Å². The Morgan fingerprint density at radius 3 is 2.60 bits per heavy atom. The van der Waals surface area contributed by atoms with Crippen LogP contribution in [0.3, 0.4) is 0 Å². The lowest BCUT2D eigenvalue weighted by atomic mass is 9.99. The number of methoxy groups -OCH3 is 2. The molecule has 0 aliphatic carbocycles. The molecule has 0 spiro atoms. The van der Waals surface area contributed by atoms with Crippen LogP contribution in [0.2, 0.25) is 0 Å². The molecule has 1 N–H and O–H groups in total. The summed E-state index contributed by atoms with van der Waals surface area (Å²) in [5, 5.41) is 7.76. The predicted octanol–water partition coefficient (Wildman–Crippen LogP) is 4.60. The number of anilines is 1. The number of amides is 2. The number of thioether (sulfide) groups is 1. The first-order valence-corrected chi connectivity index (χ1v) is 15.0. The van der Waals surface area contributed by atoms with Crippen molar-refractivity contribution in [3.05, 3.63) is 83.9 Å². The molecule has 0 radical (unpaired) electrons. The van der Waals surface area contributed by atoms with Crippen LogP contribution < -0.4 is 24.4 Å². The Labute approximate surface area is 253 Å². The monoisotopic (exact) mass is 600 g/mol. The van der Waals surface area contributed by atoms with Crippen molar-refractivity contribution in [3.8, 4) is 34.2 Å². The SMILES string of the molecule is COCCCNC(=O)CN1C(=O)CSC(c2ccc3c(c2)OCO3)c2c(-c3ccccc3)nn(-c3ccc(OC)cc3)c21. The summed E-state index contributed by atoms with van der Waals surface area (Å²) in [7, 11) is 3.24. The van der Waals surface area contributed by atoms with E-state index in [1.165, 1.54) is 11.8 Å². The predicted molar refractivity (Wildman–Crippen MR) is 164 cm³/mol.